The predicted molar refractivity (Wildman–Crippen MR) is 65.5 cm³/mol. The van der Waals surface area contributed by atoms with E-state index in [0.717, 1.165) is 23.1 Å². The average molecular weight is 230 g/mol. The Kier molecular flexibility index (Phi) is 2.30. The van der Waals surface area contributed by atoms with E-state index in [1.807, 2.05) is 36.1 Å². The van der Waals surface area contributed by atoms with Crippen LogP contribution in [0.15, 0.2) is 36.1 Å². The van der Waals surface area contributed by atoms with Crippen LogP contribution >= 0.6 is 11.3 Å². The van der Waals surface area contributed by atoms with Crippen molar-refractivity contribution >= 4 is 27.9 Å². The monoisotopic (exact) mass is 230 g/mol. The Hall–Kier alpha value is -1.88. The Balaban J connectivity index is 1.86. The van der Waals surface area contributed by atoms with E-state index >= 15 is 0 Å². The SMILES string of the molecule is c1cc(NCc2cncs2)c2[nH]ncc2c1. The van der Waals surface area contributed by atoms with E-state index in [0.29, 0.717) is 0 Å². The summed E-state index contributed by atoms with van der Waals surface area (Å²) in [6.45, 7) is 0.794. The van der Waals surface area contributed by atoms with Gasteiger partial charge in [0.2, 0.25) is 0 Å². The van der Waals surface area contributed by atoms with Crippen molar-refractivity contribution in [3.63, 3.8) is 0 Å². The quantitative estimate of drug-likeness (QED) is 0.727. The number of aromatic nitrogens is 3. The van der Waals surface area contributed by atoms with Gasteiger partial charge >= 0.3 is 0 Å². The molecule has 0 aliphatic carbocycles. The van der Waals surface area contributed by atoms with Crippen LogP contribution in [0.3, 0.4) is 0 Å². The Labute approximate surface area is 96.3 Å². The molecule has 1 aromatic carbocycles. The minimum atomic E-state index is 0.794. The molecule has 0 spiro atoms. The van der Waals surface area contributed by atoms with Crippen molar-refractivity contribution in [1.82, 2.24) is 15.2 Å². The van der Waals surface area contributed by atoms with Crippen molar-refractivity contribution in [3.8, 4) is 0 Å². The molecular formula is C11H10N4S. The summed E-state index contributed by atoms with van der Waals surface area (Å²) in [7, 11) is 0. The zero-order valence-electron chi connectivity index (χ0n) is 8.47. The highest BCUT2D eigenvalue weighted by atomic mass is 32.1. The fourth-order valence-corrected chi connectivity index (χ4v) is 2.16. The molecule has 4 nitrogen and oxygen atoms in total. The molecule has 80 valence electrons. The maximum Gasteiger partial charge on any atom is 0.0881 e. The Morgan fingerprint density at radius 1 is 1.31 bits per heavy atom. The third-order valence-corrected chi connectivity index (χ3v) is 3.19. The van der Waals surface area contributed by atoms with Gasteiger partial charge in [0.15, 0.2) is 0 Å². The van der Waals surface area contributed by atoms with E-state index in [4.69, 9.17) is 0 Å². The largest absolute Gasteiger partial charge is 0.378 e. The number of nitrogens with one attached hydrogen (secondary N) is 2. The van der Waals surface area contributed by atoms with E-state index in [1.165, 1.54) is 4.88 Å². The third kappa shape index (κ3) is 1.65. The molecule has 5 heteroatoms. The van der Waals surface area contributed by atoms with Crippen LogP contribution in [0.2, 0.25) is 0 Å². The van der Waals surface area contributed by atoms with Crippen molar-refractivity contribution in [2.75, 3.05) is 5.32 Å². The number of H-pyrrole nitrogens is 1. The molecule has 0 fully saturated rings. The summed E-state index contributed by atoms with van der Waals surface area (Å²) < 4.78 is 0. The number of aromatic amines is 1. The van der Waals surface area contributed by atoms with Gasteiger partial charge in [0.05, 0.1) is 29.5 Å². The molecule has 2 N–H and O–H groups in total. The molecule has 0 saturated carbocycles. The molecule has 0 aliphatic heterocycles. The van der Waals surface area contributed by atoms with Crippen molar-refractivity contribution in [2.24, 2.45) is 0 Å². The van der Waals surface area contributed by atoms with Gasteiger partial charge in [-0.15, -0.1) is 11.3 Å². The Morgan fingerprint density at radius 2 is 2.31 bits per heavy atom. The second kappa shape index (κ2) is 3.94. The van der Waals surface area contributed by atoms with Crippen molar-refractivity contribution in [1.29, 1.82) is 0 Å². The van der Waals surface area contributed by atoms with Crippen LogP contribution in [0.5, 0.6) is 0 Å². The second-order valence-corrected chi connectivity index (χ2v) is 4.43. The van der Waals surface area contributed by atoms with Crippen molar-refractivity contribution in [3.05, 3.63) is 41.0 Å². The first kappa shape index (κ1) is 9.35. The fourth-order valence-electron chi connectivity index (χ4n) is 1.63. The molecule has 0 radical (unpaired) electrons. The molecule has 0 saturated heterocycles. The second-order valence-electron chi connectivity index (χ2n) is 3.46. The van der Waals surface area contributed by atoms with Crippen molar-refractivity contribution < 1.29 is 0 Å². The highest BCUT2D eigenvalue weighted by Crippen LogP contribution is 2.21. The number of rotatable bonds is 3. The Morgan fingerprint density at radius 3 is 3.19 bits per heavy atom. The van der Waals surface area contributed by atoms with E-state index < -0.39 is 0 Å². The third-order valence-electron chi connectivity index (χ3n) is 2.41. The van der Waals surface area contributed by atoms with Gasteiger partial charge in [0.1, 0.15) is 0 Å². The number of hydrogen-bond acceptors (Lipinski definition) is 4. The van der Waals surface area contributed by atoms with Crippen LogP contribution < -0.4 is 5.32 Å². The summed E-state index contributed by atoms with van der Waals surface area (Å²) >= 11 is 1.65. The van der Waals surface area contributed by atoms with E-state index in [-0.39, 0.29) is 0 Å². The highest BCUT2D eigenvalue weighted by Gasteiger charge is 2.02. The molecule has 0 unspecified atom stereocenters. The number of thiazole rings is 1. The molecule has 0 atom stereocenters. The predicted octanol–water partition coefficient (Wildman–Crippen LogP) is 2.63. The van der Waals surface area contributed by atoms with Crippen LogP contribution in [0, 0.1) is 0 Å². The van der Waals surface area contributed by atoms with E-state index in [2.05, 4.69) is 20.5 Å². The number of benzene rings is 1. The van der Waals surface area contributed by atoms with Gasteiger partial charge in [-0.05, 0) is 6.07 Å². The lowest BCUT2D eigenvalue weighted by Crippen LogP contribution is -1.97. The summed E-state index contributed by atoms with van der Waals surface area (Å²) in [5, 5.41) is 11.5. The first-order chi connectivity index (χ1) is 7.93. The van der Waals surface area contributed by atoms with Crippen LogP contribution in [0.4, 0.5) is 5.69 Å². The summed E-state index contributed by atoms with van der Waals surface area (Å²) in [5.41, 5.74) is 3.96. The zero-order valence-corrected chi connectivity index (χ0v) is 9.29. The van der Waals surface area contributed by atoms with Gasteiger partial charge in [-0.3, -0.25) is 10.1 Å². The first-order valence-electron chi connectivity index (χ1n) is 4.97. The number of fused-ring (bicyclic) bond motifs is 1. The van der Waals surface area contributed by atoms with Crippen LogP contribution in [-0.4, -0.2) is 15.2 Å². The lowest BCUT2D eigenvalue weighted by Gasteiger charge is -2.05. The van der Waals surface area contributed by atoms with Gasteiger partial charge in [0.25, 0.3) is 0 Å². The lowest BCUT2D eigenvalue weighted by molar-refractivity contribution is 1.11. The minimum absolute atomic E-state index is 0.794. The molecule has 2 aromatic heterocycles. The number of anilines is 1. The standard InChI is InChI=1S/C11H10N4S/c1-2-8-4-14-15-11(8)10(3-1)13-6-9-5-12-7-16-9/h1-5,7,13H,6H2,(H,14,15). The van der Waals surface area contributed by atoms with Crippen LogP contribution in [0.1, 0.15) is 4.88 Å². The number of nitrogens with zero attached hydrogens (tertiary/aromatic N) is 2. The summed E-state index contributed by atoms with van der Waals surface area (Å²) in [6, 6.07) is 6.10. The topological polar surface area (TPSA) is 53.6 Å². The zero-order chi connectivity index (χ0) is 10.8. The van der Waals surface area contributed by atoms with Crippen LogP contribution in [0.25, 0.3) is 10.9 Å². The van der Waals surface area contributed by atoms with Crippen LogP contribution in [-0.2, 0) is 6.54 Å². The van der Waals surface area contributed by atoms with Gasteiger partial charge in [-0.1, -0.05) is 12.1 Å². The molecule has 3 aromatic rings. The number of hydrogen-bond donors (Lipinski definition) is 2. The summed E-state index contributed by atoms with van der Waals surface area (Å²) in [4.78, 5) is 5.26. The average Bonchev–Trinajstić information content (AvgIpc) is 2.97. The van der Waals surface area contributed by atoms with Gasteiger partial charge in [-0.2, -0.15) is 5.10 Å². The first-order valence-corrected chi connectivity index (χ1v) is 5.85. The molecule has 0 aliphatic rings. The number of para-hydroxylation sites is 1. The van der Waals surface area contributed by atoms with Gasteiger partial charge < -0.3 is 5.32 Å². The maximum atomic E-state index is 4.05. The molecule has 2 heterocycles. The summed E-state index contributed by atoms with van der Waals surface area (Å²) in [5.74, 6) is 0. The normalized spacial score (nSPS) is 10.8. The summed E-state index contributed by atoms with van der Waals surface area (Å²) in [6.07, 6.45) is 3.71. The molecule has 16 heavy (non-hydrogen) atoms. The van der Waals surface area contributed by atoms with E-state index in [1.54, 1.807) is 11.3 Å². The van der Waals surface area contributed by atoms with Gasteiger partial charge in [-0.25, -0.2) is 0 Å². The fraction of sp³-hybridized carbons (Fsp3) is 0.0909. The minimum Gasteiger partial charge on any atom is -0.378 e. The molecule has 3 rings (SSSR count). The van der Waals surface area contributed by atoms with Gasteiger partial charge in [0, 0.05) is 16.5 Å². The molecule has 0 bridgehead atoms. The molecule has 0 amide bonds. The maximum absolute atomic E-state index is 4.05. The Bertz CT molecular complexity index is 585. The smallest absolute Gasteiger partial charge is 0.0881 e. The highest BCUT2D eigenvalue weighted by molar-refractivity contribution is 7.09. The van der Waals surface area contributed by atoms with E-state index in [9.17, 15) is 0 Å². The molecular weight excluding hydrogens is 220 g/mol. The van der Waals surface area contributed by atoms with Crippen molar-refractivity contribution in [2.45, 2.75) is 6.54 Å². The lowest BCUT2D eigenvalue weighted by atomic mass is 10.2.